The molecule has 0 aromatic heterocycles. The van der Waals surface area contributed by atoms with Crippen LogP contribution in [0.5, 0.6) is 0 Å². The topological polar surface area (TPSA) is 41.5 Å². The molecule has 1 aromatic carbocycles. The van der Waals surface area contributed by atoms with Gasteiger partial charge in [-0.3, -0.25) is 0 Å². The molecule has 0 spiro atoms. The Balaban J connectivity index is 2.43. The Morgan fingerprint density at radius 3 is 2.67 bits per heavy atom. The van der Waals surface area contributed by atoms with Gasteiger partial charge in [-0.15, -0.1) is 0 Å². The summed E-state index contributed by atoms with van der Waals surface area (Å²) >= 11 is 3.48. The van der Waals surface area contributed by atoms with Crippen molar-refractivity contribution < 1.29 is 9.84 Å². The first-order chi connectivity index (χ1) is 8.29. The lowest BCUT2D eigenvalue weighted by molar-refractivity contribution is -0.0449. The van der Waals surface area contributed by atoms with Gasteiger partial charge in [0.05, 0.1) is 18.3 Å². The quantitative estimate of drug-likeness (QED) is 0.875. The summed E-state index contributed by atoms with van der Waals surface area (Å²) in [7, 11) is 0. The molecule has 2 N–H and O–H groups in total. The Morgan fingerprint density at radius 2 is 2.06 bits per heavy atom. The first-order valence-corrected chi connectivity index (χ1v) is 6.90. The van der Waals surface area contributed by atoms with Crippen LogP contribution in [0, 0.1) is 6.92 Å². The third kappa shape index (κ3) is 5.38. The Morgan fingerprint density at radius 1 is 1.39 bits per heavy atom. The lowest BCUT2D eigenvalue weighted by atomic mass is 10.2. The van der Waals surface area contributed by atoms with E-state index >= 15 is 0 Å². The molecule has 0 fully saturated rings. The first kappa shape index (κ1) is 15.5. The minimum atomic E-state index is -0.511. The highest BCUT2D eigenvalue weighted by molar-refractivity contribution is 9.10. The maximum absolute atomic E-state index is 9.83. The highest BCUT2D eigenvalue weighted by Crippen LogP contribution is 2.23. The SMILES string of the molecule is Cc1c(Br)cccc1NCC(O)COC(C)(C)C. The van der Waals surface area contributed by atoms with E-state index in [-0.39, 0.29) is 5.60 Å². The van der Waals surface area contributed by atoms with E-state index in [1.807, 2.05) is 45.9 Å². The van der Waals surface area contributed by atoms with Crippen LogP contribution in [0.1, 0.15) is 26.3 Å². The van der Waals surface area contributed by atoms with Gasteiger partial charge < -0.3 is 15.2 Å². The molecular weight excluding hydrogens is 294 g/mol. The van der Waals surface area contributed by atoms with Gasteiger partial charge in [0.15, 0.2) is 0 Å². The second-order valence-corrected chi connectivity index (χ2v) is 6.22. The molecule has 0 radical (unpaired) electrons. The van der Waals surface area contributed by atoms with Crippen molar-refractivity contribution in [3.63, 3.8) is 0 Å². The van der Waals surface area contributed by atoms with Gasteiger partial charge in [-0.25, -0.2) is 0 Å². The summed E-state index contributed by atoms with van der Waals surface area (Å²) in [6.45, 7) is 8.78. The third-order valence-corrected chi connectivity index (χ3v) is 3.36. The van der Waals surface area contributed by atoms with Crippen molar-refractivity contribution >= 4 is 21.6 Å². The molecule has 0 aliphatic heterocycles. The van der Waals surface area contributed by atoms with Gasteiger partial charge in [0.1, 0.15) is 0 Å². The van der Waals surface area contributed by atoms with Crippen LogP contribution >= 0.6 is 15.9 Å². The van der Waals surface area contributed by atoms with Gasteiger partial charge >= 0.3 is 0 Å². The van der Waals surface area contributed by atoms with Gasteiger partial charge in [0, 0.05) is 16.7 Å². The maximum Gasteiger partial charge on any atom is 0.0945 e. The van der Waals surface area contributed by atoms with E-state index in [2.05, 4.69) is 21.2 Å². The van der Waals surface area contributed by atoms with Crippen molar-refractivity contribution in [3.8, 4) is 0 Å². The van der Waals surface area contributed by atoms with E-state index in [0.717, 1.165) is 15.7 Å². The van der Waals surface area contributed by atoms with Crippen molar-refractivity contribution in [2.75, 3.05) is 18.5 Å². The molecule has 4 heteroatoms. The molecule has 1 unspecified atom stereocenters. The number of hydrogen-bond acceptors (Lipinski definition) is 3. The van der Waals surface area contributed by atoms with Gasteiger partial charge in [-0.05, 0) is 45.4 Å². The summed E-state index contributed by atoms with van der Waals surface area (Å²) in [4.78, 5) is 0. The standard InChI is InChI=1S/C14H22BrNO2/c1-10-12(15)6-5-7-13(10)16-8-11(17)9-18-14(2,3)4/h5-7,11,16-17H,8-9H2,1-4H3. The number of hydrogen-bond donors (Lipinski definition) is 2. The average molecular weight is 316 g/mol. The second-order valence-electron chi connectivity index (χ2n) is 5.37. The predicted molar refractivity (Wildman–Crippen MR) is 79.1 cm³/mol. The molecule has 0 saturated heterocycles. The lowest BCUT2D eigenvalue weighted by Gasteiger charge is -2.22. The van der Waals surface area contributed by atoms with Crippen LogP contribution < -0.4 is 5.32 Å². The first-order valence-electron chi connectivity index (χ1n) is 6.10. The summed E-state index contributed by atoms with van der Waals surface area (Å²) < 4.78 is 6.60. The maximum atomic E-state index is 9.83. The van der Waals surface area contributed by atoms with E-state index in [4.69, 9.17) is 4.74 Å². The fraction of sp³-hybridized carbons (Fsp3) is 0.571. The van der Waals surface area contributed by atoms with Crippen LogP contribution in [0.2, 0.25) is 0 Å². The van der Waals surface area contributed by atoms with E-state index in [0.29, 0.717) is 13.2 Å². The summed E-state index contributed by atoms with van der Waals surface area (Å²) in [6.07, 6.45) is -0.511. The van der Waals surface area contributed by atoms with E-state index in [1.54, 1.807) is 0 Å². The van der Waals surface area contributed by atoms with Crippen molar-refractivity contribution in [1.82, 2.24) is 0 Å². The van der Waals surface area contributed by atoms with Crippen molar-refractivity contribution in [3.05, 3.63) is 28.2 Å². The number of halogens is 1. The zero-order valence-corrected chi connectivity index (χ0v) is 13.0. The summed E-state index contributed by atoms with van der Waals surface area (Å²) in [5.74, 6) is 0. The smallest absolute Gasteiger partial charge is 0.0945 e. The van der Waals surface area contributed by atoms with Crippen LogP contribution in [0.3, 0.4) is 0 Å². The fourth-order valence-corrected chi connectivity index (χ4v) is 1.80. The van der Waals surface area contributed by atoms with Crippen LogP contribution in [-0.4, -0.2) is 30.0 Å². The van der Waals surface area contributed by atoms with Crippen molar-refractivity contribution in [2.45, 2.75) is 39.4 Å². The number of nitrogens with one attached hydrogen (secondary N) is 1. The number of rotatable bonds is 5. The van der Waals surface area contributed by atoms with Crippen LogP contribution in [0.25, 0.3) is 0 Å². The molecule has 0 saturated carbocycles. The van der Waals surface area contributed by atoms with E-state index < -0.39 is 6.10 Å². The highest BCUT2D eigenvalue weighted by Gasteiger charge is 2.13. The van der Waals surface area contributed by atoms with Gasteiger partial charge in [0.2, 0.25) is 0 Å². The van der Waals surface area contributed by atoms with Gasteiger partial charge in [-0.2, -0.15) is 0 Å². The number of aliphatic hydroxyl groups is 1. The molecule has 18 heavy (non-hydrogen) atoms. The molecular formula is C14H22BrNO2. The Labute approximate surface area is 118 Å². The summed E-state index contributed by atoms with van der Waals surface area (Å²) in [5.41, 5.74) is 1.95. The monoisotopic (exact) mass is 315 g/mol. The van der Waals surface area contributed by atoms with Crippen LogP contribution in [0.4, 0.5) is 5.69 Å². The normalized spacial score (nSPS) is 13.4. The molecule has 0 amide bonds. The van der Waals surface area contributed by atoms with Crippen LogP contribution in [0.15, 0.2) is 22.7 Å². The minimum Gasteiger partial charge on any atom is -0.389 e. The largest absolute Gasteiger partial charge is 0.389 e. The molecule has 1 atom stereocenters. The molecule has 0 bridgehead atoms. The summed E-state index contributed by atoms with van der Waals surface area (Å²) in [6, 6.07) is 5.97. The molecule has 0 aliphatic rings. The highest BCUT2D eigenvalue weighted by atomic mass is 79.9. The lowest BCUT2D eigenvalue weighted by Crippen LogP contribution is -2.30. The third-order valence-electron chi connectivity index (χ3n) is 2.50. The summed E-state index contributed by atoms with van der Waals surface area (Å²) in [5, 5.41) is 13.1. The number of anilines is 1. The fourth-order valence-electron chi connectivity index (χ4n) is 1.43. The Hall–Kier alpha value is -0.580. The second kappa shape index (κ2) is 6.55. The minimum absolute atomic E-state index is 0.216. The van der Waals surface area contributed by atoms with E-state index in [1.165, 1.54) is 0 Å². The van der Waals surface area contributed by atoms with Crippen LogP contribution in [-0.2, 0) is 4.74 Å². The van der Waals surface area contributed by atoms with Gasteiger partial charge in [0.25, 0.3) is 0 Å². The van der Waals surface area contributed by atoms with Gasteiger partial charge in [-0.1, -0.05) is 22.0 Å². The molecule has 1 rings (SSSR count). The van der Waals surface area contributed by atoms with Crippen molar-refractivity contribution in [1.29, 1.82) is 0 Å². The van der Waals surface area contributed by atoms with E-state index in [9.17, 15) is 5.11 Å². The predicted octanol–water partition coefficient (Wildman–Crippen LogP) is 3.35. The number of ether oxygens (including phenoxy) is 1. The Kier molecular flexibility index (Phi) is 5.63. The average Bonchev–Trinajstić information content (AvgIpc) is 2.27. The molecule has 1 aromatic rings. The molecule has 102 valence electrons. The molecule has 0 heterocycles. The Bertz CT molecular complexity index is 388. The van der Waals surface area contributed by atoms with Crippen molar-refractivity contribution in [2.24, 2.45) is 0 Å². The molecule has 0 aliphatic carbocycles. The number of aliphatic hydroxyl groups excluding tert-OH is 1. The molecule has 3 nitrogen and oxygen atoms in total. The zero-order chi connectivity index (χ0) is 13.8. The zero-order valence-electron chi connectivity index (χ0n) is 11.5. The number of benzene rings is 1.